The molecule has 0 saturated carbocycles. The van der Waals surface area contributed by atoms with Gasteiger partial charge >= 0.3 is 0 Å². The zero-order valence-electron chi connectivity index (χ0n) is 18.4. The van der Waals surface area contributed by atoms with E-state index in [9.17, 15) is 4.79 Å². The Morgan fingerprint density at radius 2 is 1.24 bits per heavy atom. The maximum absolute atomic E-state index is 13.1. The van der Waals surface area contributed by atoms with E-state index < -0.39 is 0 Å². The van der Waals surface area contributed by atoms with Gasteiger partial charge in [0.1, 0.15) is 18.1 Å². The van der Waals surface area contributed by atoms with Crippen molar-refractivity contribution in [2.45, 2.75) is 19.4 Å². The summed E-state index contributed by atoms with van der Waals surface area (Å²) in [6, 6.07) is 35.0. The van der Waals surface area contributed by atoms with Crippen molar-refractivity contribution >= 4 is 11.6 Å². The summed E-state index contributed by atoms with van der Waals surface area (Å²) in [4.78, 5) is 13.1. The highest BCUT2D eigenvalue weighted by molar-refractivity contribution is 6.06. The molecule has 0 heterocycles. The smallest absolute Gasteiger partial charge is 0.259 e. The van der Waals surface area contributed by atoms with E-state index in [1.54, 1.807) is 6.07 Å². The lowest BCUT2D eigenvalue weighted by atomic mass is 10.1. The van der Waals surface area contributed by atoms with Crippen molar-refractivity contribution in [1.29, 1.82) is 0 Å². The van der Waals surface area contributed by atoms with Crippen LogP contribution in [0.4, 0.5) is 5.69 Å². The first-order chi connectivity index (χ1) is 16.3. The highest BCUT2D eigenvalue weighted by Gasteiger charge is 2.14. The van der Waals surface area contributed by atoms with E-state index in [4.69, 9.17) is 9.47 Å². The second kappa shape index (κ2) is 11.5. The molecule has 0 bridgehead atoms. The fraction of sp³-hybridized carbons (Fsp3) is 0.138. The highest BCUT2D eigenvalue weighted by atomic mass is 16.5. The van der Waals surface area contributed by atoms with E-state index >= 15 is 0 Å². The zero-order valence-corrected chi connectivity index (χ0v) is 18.4. The van der Waals surface area contributed by atoms with Gasteiger partial charge in [-0.2, -0.15) is 0 Å². The van der Waals surface area contributed by atoms with Crippen molar-refractivity contribution in [3.05, 3.63) is 126 Å². The summed E-state index contributed by atoms with van der Waals surface area (Å²) in [7, 11) is 0. The third-order valence-electron chi connectivity index (χ3n) is 5.21. The first-order valence-electron chi connectivity index (χ1n) is 11.1. The molecule has 33 heavy (non-hydrogen) atoms. The SMILES string of the molecule is O=C(Nc1ccccc1OCCCc1ccccc1)c1ccccc1OCc1ccccc1. The molecule has 0 atom stereocenters. The average molecular weight is 438 g/mol. The minimum atomic E-state index is -0.237. The molecule has 0 fully saturated rings. The molecular weight excluding hydrogens is 410 g/mol. The Hall–Kier alpha value is -4.05. The second-order valence-corrected chi connectivity index (χ2v) is 7.66. The number of hydrogen-bond acceptors (Lipinski definition) is 3. The summed E-state index contributed by atoms with van der Waals surface area (Å²) < 4.78 is 11.9. The summed E-state index contributed by atoms with van der Waals surface area (Å²) in [6.45, 7) is 0.963. The average Bonchev–Trinajstić information content (AvgIpc) is 2.87. The Morgan fingerprint density at radius 3 is 2.00 bits per heavy atom. The van der Waals surface area contributed by atoms with Gasteiger partial charge in [0, 0.05) is 0 Å². The Morgan fingerprint density at radius 1 is 0.636 bits per heavy atom. The van der Waals surface area contributed by atoms with E-state index in [-0.39, 0.29) is 5.91 Å². The molecule has 4 nitrogen and oxygen atoms in total. The molecule has 0 saturated heterocycles. The molecule has 4 rings (SSSR count). The van der Waals surface area contributed by atoms with Crippen LogP contribution in [-0.4, -0.2) is 12.5 Å². The van der Waals surface area contributed by atoms with Crippen molar-refractivity contribution in [2.24, 2.45) is 0 Å². The highest BCUT2D eigenvalue weighted by Crippen LogP contribution is 2.27. The van der Waals surface area contributed by atoms with Gasteiger partial charge < -0.3 is 14.8 Å². The molecule has 4 aromatic rings. The monoisotopic (exact) mass is 437 g/mol. The van der Waals surface area contributed by atoms with Gasteiger partial charge in [-0.05, 0) is 48.2 Å². The lowest BCUT2D eigenvalue weighted by molar-refractivity contribution is 0.102. The summed E-state index contributed by atoms with van der Waals surface area (Å²) in [5.41, 5.74) is 3.45. The van der Waals surface area contributed by atoms with Crippen molar-refractivity contribution < 1.29 is 14.3 Å². The van der Waals surface area contributed by atoms with Gasteiger partial charge in [-0.3, -0.25) is 4.79 Å². The van der Waals surface area contributed by atoms with Gasteiger partial charge in [-0.1, -0.05) is 84.9 Å². The van der Waals surface area contributed by atoms with Crippen LogP contribution in [0.3, 0.4) is 0 Å². The maximum atomic E-state index is 13.1. The van der Waals surface area contributed by atoms with E-state index in [0.717, 1.165) is 18.4 Å². The predicted octanol–water partition coefficient (Wildman–Crippen LogP) is 6.53. The van der Waals surface area contributed by atoms with E-state index in [2.05, 4.69) is 17.4 Å². The number of benzene rings is 4. The topological polar surface area (TPSA) is 47.6 Å². The van der Waals surface area contributed by atoms with Crippen LogP contribution in [0.5, 0.6) is 11.5 Å². The number of aryl methyl sites for hydroxylation is 1. The summed E-state index contributed by atoms with van der Waals surface area (Å²) in [5, 5.41) is 2.98. The van der Waals surface area contributed by atoms with Crippen LogP contribution in [0.2, 0.25) is 0 Å². The Balaban J connectivity index is 1.37. The number of para-hydroxylation sites is 3. The van der Waals surface area contributed by atoms with Crippen LogP contribution in [0.25, 0.3) is 0 Å². The second-order valence-electron chi connectivity index (χ2n) is 7.66. The molecule has 166 valence electrons. The molecule has 4 heteroatoms. The minimum Gasteiger partial charge on any atom is -0.491 e. The molecule has 0 spiro atoms. The molecule has 0 unspecified atom stereocenters. The number of hydrogen-bond donors (Lipinski definition) is 1. The lowest BCUT2D eigenvalue weighted by Crippen LogP contribution is -2.14. The van der Waals surface area contributed by atoms with Crippen LogP contribution in [0.15, 0.2) is 109 Å². The fourth-order valence-electron chi connectivity index (χ4n) is 3.50. The molecule has 0 aliphatic heterocycles. The van der Waals surface area contributed by atoms with Gasteiger partial charge in [0.25, 0.3) is 5.91 Å². The third-order valence-corrected chi connectivity index (χ3v) is 5.21. The molecule has 0 aliphatic rings. The summed E-state index contributed by atoms with van der Waals surface area (Å²) in [6.07, 6.45) is 1.84. The zero-order chi connectivity index (χ0) is 22.7. The number of amides is 1. The lowest BCUT2D eigenvalue weighted by Gasteiger charge is -2.14. The molecule has 1 N–H and O–H groups in total. The van der Waals surface area contributed by atoms with Crippen molar-refractivity contribution in [3.8, 4) is 11.5 Å². The van der Waals surface area contributed by atoms with Crippen LogP contribution < -0.4 is 14.8 Å². The maximum Gasteiger partial charge on any atom is 0.259 e. The molecular formula is C29H27NO3. The molecule has 1 amide bonds. The quantitative estimate of drug-likeness (QED) is 0.287. The number of ether oxygens (including phenoxy) is 2. The van der Waals surface area contributed by atoms with E-state index in [1.165, 1.54) is 5.56 Å². The van der Waals surface area contributed by atoms with Crippen molar-refractivity contribution in [1.82, 2.24) is 0 Å². The van der Waals surface area contributed by atoms with Gasteiger partial charge in [-0.25, -0.2) is 0 Å². The van der Waals surface area contributed by atoms with Crippen molar-refractivity contribution in [3.63, 3.8) is 0 Å². The van der Waals surface area contributed by atoms with Crippen LogP contribution >= 0.6 is 0 Å². The predicted molar refractivity (Wildman–Crippen MR) is 132 cm³/mol. The number of carbonyl (C=O) groups excluding carboxylic acids is 1. The largest absolute Gasteiger partial charge is 0.491 e. The Kier molecular flexibility index (Phi) is 7.74. The summed E-state index contributed by atoms with van der Waals surface area (Å²) >= 11 is 0. The fourth-order valence-corrected chi connectivity index (χ4v) is 3.50. The number of nitrogens with one attached hydrogen (secondary N) is 1. The van der Waals surface area contributed by atoms with Crippen molar-refractivity contribution in [2.75, 3.05) is 11.9 Å². The van der Waals surface area contributed by atoms with Crippen LogP contribution in [-0.2, 0) is 13.0 Å². The van der Waals surface area contributed by atoms with Gasteiger partial charge in [0.05, 0.1) is 17.9 Å². The van der Waals surface area contributed by atoms with Gasteiger partial charge in [-0.15, -0.1) is 0 Å². The van der Waals surface area contributed by atoms with E-state index in [1.807, 2.05) is 91.0 Å². The van der Waals surface area contributed by atoms with Crippen LogP contribution in [0.1, 0.15) is 27.9 Å². The van der Waals surface area contributed by atoms with E-state index in [0.29, 0.717) is 36.0 Å². The van der Waals surface area contributed by atoms with Gasteiger partial charge in [0.15, 0.2) is 0 Å². The first-order valence-corrected chi connectivity index (χ1v) is 11.1. The Labute approximate surface area is 194 Å². The third kappa shape index (κ3) is 6.47. The standard InChI is InChI=1S/C29H27NO3/c31-29(25-17-7-9-19-27(25)33-22-24-14-5-2-6-15-24)30-26-18-8-10-20-28(26)32-21-11-16-23-12-3-1-4-13-23/h1-10,12-15,17-20H,11,16,21-22H2,(H,30,31). The normalized spacial score (nSPS) is 10.4. The van der Waals surface area contributed by atoms with Crippen LogP contribution in [0, 0.1) is 0 Å². The Bertz CT molecular complexity index is 1160. The molecule has 4 aromatic carbocycles. The summed E-state index contributed by atoms with van der Waals surface area (Å²) in [5.74, 6) is 0.959. The molecule has 0 aliphatic carbocycles. The minimum absolute atomic E-state index is 0.237. The van der Waals surface area contributed by atoms with Gasteiger partial charge in [0.2, 0.25) is 0 Å². The molecule has 0 aromatic heterocycles. The number of carbonyl (C=O) groups is 1. The molecule has 0 radical (unpaired) electrons. The first kappa shape index (κ1) is 22.2. The number of rotatable bonds is 10. The number of anilines is 1.